The van der Waals surface area contributed by atoms with Gasteiger partial charge in [0.1, 0.15) is 5.75 Å². The van der Waals surface area contributed by atoms with Crippen LogP contribution in [-0.2, 0) is 20.9 Å². The molecule has 0 amide bonds. The van der Waals surface area contributed by atoms with Gasteiger partial charge in [-0.2, -0.15) is 0 Å². The Hall–Kier alpha value is -0.810. The molecule has 0 aliphatic carbocycles. The number of nitrogens with zero attached hydrogens (tertiary/aromatic N) is 1. The van der Waals surface area contributed by atoms with E-state index in [1.807, 2.05) is 54.6 Å². The summed E-state index contributed by atoms with van der Waals surface area (Å²) in [5, 5.41) is 0. The third-order valence-electron chi connectivity index (χ3n) is 3.02. The fraction of sp³-hybridized carbons (Fsp3) is 0.250. The zero-order valence-corrected chi connectivity index (χ0v) is 15.1. The van der Waals surface area contributed by atoms with Gasteiger partial charge in [0, 0.05) is 35.4 Å². The van der Waals surface area contributed by atoms with Crippen molar-refractivity contribution in [2.45, 2.75) is 4.90 Å². The van der Waals surface area contributed by atoms with Crippen molar-refractivity contribution in [1.29, 1.82) is 0 Å². The third-order valence-corrected chi connectivity index (χ3v) is 5.14. The second-order valence-corrected chi connectivity index (χ2v) is 7.26. The van der Waals surface area contributed by atoms with Crippen molar-refractivity contribution in [3.63, 3.8) is 0 Å². The summed E-state index contributed by atoms with van der Waals surface area (Å²) in [5.41, 5.74) is 1.09. The molecule has 0 saturated carbocycles. The summed E-state index contributed by atoms with van der Waals surface area (Å²) in [4.78, 5) is 3.14. The van der Waals surface area contributed by atoms with Crippen molar-refractivity contribution in [2.75, 3.05) is 29.7 Å². The zero-order valence-electron chi connectivity index (χ0n) is 12.0. The van der Waals surface area contributed by atoms with Crippen LogP contribution in [0.3, 0.4) is 0 Å². The molecular formula is C16H17Cl2NOS2. The van der Waals surface area contributed by atoms with E-state index in [-0.39, 0.29) is 0 Å². The summed E-state index contributed by atoms with van der Waals surface area (Å²) in [7, 11) is -0.701. The molecule has 2 rings (SSSR count). The molecule has 0 radical (unpaired) electrons. The van der Waals surface area contributed by atoms with Crippen LogP contribution >= 0.6 is 23.2 Å². The van der Waals surface area contributed by atoms with E-state index in [2.05, 4.69) is 4.90 Å². The average molecular weight is 374 g/mol. The molecule has 118 valence electrons. The fourth-order valence-electron chi connectivity index (χ4n) is 1.95. The lowest BCUT2D eigenvalue weighted by Crippen LogP contribution is -2.27. The predicted molar refractivity (Wildman–Crippen MR) is 100 cm³/mol. The van der Waals surface area contributed by atoms with Crippen molar-refractivity contribution in [3.8, 4) is 5.75 Å². The molecule has 0 aliphatic heterocycles. The van der Waals surface area contributed by atoms with Gasteiger partial charge in [0.05, 0.1) is 9.74 Å². The molecule has 0 saturated heterocycles. The normalized spacial score (nSPS) is 11.9. The highest BCUT2D eigenvalue weighted by Gasteiger charge is 2.07. The molecule has 2 aromatic rings. The van der Waals surface area contributed by atoms with Gasteiger partial charge in [-0.1, -0.05) is 18.2 Å². The summed E-state index contributed by atoms with van der Waals surface area (Å²) >= 11 is 17.1. The van der Waals surface area contributed by atoms with Crippen LogP contribution in [0, 0.1) is 0 Å². The Labute approximate surface area is 148 Å². The van der Waals surface area contributed by atoms with Gasteiger partial charge in [-0.3, -0.25) is 0 Å². The average Bonchev–Trinajstić information content (AvgIpc) is 2.56. The summed E-state index contributed by atoms with van der Waals surface area (Å²) in [6.45, 7) is 1.54. The van der Waals surface area contributed by atoms with Gasteiger partial charge in [0.2, 0.25) is 0 Å². The lowest BCUT2D eigenvalue weighted by molar-refractivity contribution is 0.639. The molecule has 0 spiro atoms. The number of halogens is 2. The van der Waals surface area contributed by atoms with E-state index in [9.17, 15) is 0 Å². The molecule has 1 atom stereocenters. The Morgan fingerprint density at radius 1 is 0.909 bits per heavy atom. The molecule has 0 aromatic heterocycles. The molecule has 2 nitrogen and oxygen atoms in total. The van der Waals surface area contributed by atoms with Crippen LogP contribution in [-0.4, -0.2) is 24.8 Å². The summed E-state index contributed by atoms with van der Waals surface area (Å²) in [6.07, 6.45) is 0. The second-order valence-electron chi connectivity index (χ2n) is 4.49. The van der Waals surface area contributed by atoms with Crippen LogP contribution in [0.15, 0.2) is 59.5 Å². The maximum Gasteiger partial charge on any atom is 0.138 e. The Morgan fingerprint density at radius 3 is 2.05 bits per heavy atom. The van der Waals surface area contributed by atoms with Gasteiger partial charge in [0.15, 0.2) is 0 Å². The van der Waals surface area contributed by atoms with Gasteiger partial charge in [0.25, 0.3) is 0 Å². The zero-order chi connectivity index (χ0) is 15.8. The number of alkyl halides is 2. The number of hydrogen-bond acceptors (Lipinski definition) is 3. The molecular weight excluding hydrogens is 357 g/mol. The monoisotopic (exact) mass is 373 g/mol. The highest BCUT2D eigenvalue weighted by molar-refractivity contribution is 8.26. The maximum atomic E-state index is 5.83. The minimum atomic E-state index is -0.701. The van der Waals surface area contributed by atoms with E-state index >= 15 is 0 Å². The molecule has 22 heavy (non-hydrogen) atoms. The first-order valence-electron chi connectivity index (χ1n) is 6.86. The lowest BCUT2D eigenvalue weighted by atomic mass is 10.3. The molecule has 0 fully saturated rings. The van der Waals surface area contributed by atoms with E-state index < -0.39 is 9.74 Å². The first-order valence-corrected chi connectivity index (χ1v) is 10.0. The largest absolute Gasteiger partial charge is 0.419 e. The maximum absolute atomic E-state index is 5.83. The predicted octanol–water partition coefficient (Wildman–Crippen LogP) is 4.40. The van der Waals surface area contributed by atoms with Crippen LogP contribution in [0.4, 0.5) is 5.69 Å². The van der Waals surface area contributed by atoms with Crippen LogP contribution in [0.1, 0.15) is 0 Å². The number of hydrogen-bond donors (Lipinski definition) is 0. The van der Waals surface area contributed by atoms with E-state index in [0.29, 0.717) is 11.8 Å². The van der Waals surface area contributed by atoms with Gasteiger partial charge in [-0.05, 0) is 47.6 Å². The van der Waals surface area contributed by atoms with Crippen molar-refractivity contribution in [1.82, 2.24) is 0 Å². The van der Waals surface area contributed by atoms with Crippen molar-refractivity contribution < 1.29 is 4.18 Å². The van der Waals surface area contributed by atoms with Crippen molar-refractivity contribution in [2.24, 2.45) is 0 Å². The quantitative estimate of drug-likeness (QED) is 0.636. The minimum Gasteiger partial charge on any atom is -0.419 e. The van der Waals surface area contributed by atoms with Gasteiger partial charge < -0.3 is 9.08 Å². The van der Waals surface area contributed by atoms with Gasteiger partial charge in [-0.15, -0.1) is 23.2 Å². The number of benzene rings is 2. The fourth-order valence-corrected chi connectivity index (χ4v) is 3.67. The van der Waals surface area contributed by atoms with E-state index in [4.69, 9.17) is 38.6 Å². The summed E-state index contributed by atoms with van der Waals surface area (Å²) in [5.74, 6) is 1.93. The standard InChI is InChI=1S/C16H17Cl2NOS2/c17-10-12-19(13-11-18)14-6-8-16(9-7-14)22(21)20-15-4-2-1-3-5-15/h1-9H,10-13H2/t22-/m1/s1. The van der Waals surface area contributed by atoms with Crippen LogP contribution in [0.2, 0.25) is 0 Å². The smallest absolute Gasteiger partial charge is 0.138 e. The minimum absolute atomic E-state index is 0.571. The molecule has 0 heterocycles. The first-order chi connectivity index (χ1) is 10.7. The molecule has 0 N–H and O–H groups in total. The topological polar surface area (TPSA) is 12.5 Å². The van der Waals surface area contributed by atoms with Gasteiger partial charge in [-0.25, -0.2) is 0 Å². The van der Waals surface area contributed by atoms with Crippen molar-refractivity contribution in [3.05, 3.63) is 54.6 Å². The number of anilines is 1. The van der Waals surface area contributed by atoms with E-state index in [1.165, 1.54) is 0 Å². The Balaban J connectivity index is 2.05. The number of para-hydroxylation sites is 1. The third kappa shape index (κ3) is 5.13. The Bertz CT molecular complexity index is 587. The molecule has 0 unspecified atom stereocenters. The Morgan fingerprint density at radius 2 is 1.50 bits per heavy atom. The summed E-state index contributed by atoms with van der Waals surface area (Å²) in [6, 6.07) is 17.7. The molecule has 0 aliphatic rings. The van der Waals surface area contributed by atoms with Crippen molar-refractivity contribution >= 4 is 49.8 Å². The Kier molecular flexibility index (Phi) is 7.46. The van der Waals surface area contributed by atoms with E-state index in [1.54, 1.807) is 0 Å². The lowest BCUT2D eigenvalue weighted by Gasteiger charge is -2.23. The van der Waals surface area contributed by atoms with Crippen LogP contribution < -0.4 is 9.08 Å². The molecule has 2 aromatic carbocycles. The van der Waals surface area contributed by atoms with Crippen LogP contribution in [0.25, 0.3) is 0 Å². The first kappa shape index (κ1) is 17.5. The van der Waals surface area contributed by atoms with Crippen LogP contribution in [0.5, 0.6) is 5.75 Å². The summed E-state index contributed by atoms with van der Waals surface area (Å²) < 4.78 is 5.78. The molecule has 6 heteroatoms. The molecule has 0 bridgehead atoms. The van der Waals surface area contributed by atoms with E-state index in [0.717, 1.165) is 29.4 Å². The second kappa shape index (κ2) is 9.36. The SMILES string of the molecule is S=[S@@](Oc1ccccc1)c1ccc(N(CCCl)CCCl)cc1. The van der Waals surface area contributed by atoms with Gasteiger partial charge >= 0.3 is 0 Å². The number of rotatable bonds is 8. The highest BCUT2D eigenvalue weighted by Crippen LogP contribution is 2.20. The highest BCUT2D eigenvalue weighted by atomic mass is 35.5.